The molecular formula is C13H16N2O3. The molecule has 0 atom stereocenters. The summed E-state index contributed by atoms with van der Waals surface area (Å²) in [4.78, 5) is 0. The fourth-order valence-corrected chi connectivity index (χ4v) is 1.62. The number of nitrogens with zero attached hydrogens (tertiary/aromatic N) is 2. The van der Waals surface area contributed by atoms with Gasteiger partial charge in [-0.2, -0.15) is 5.10 Å². The number of aromatic nitrogens is 2. The van der Waals surface area contributed by atoms with Gasteiger partial charge in [0.25, 0.3) is 0 Å². The molecule has 1 N–H and O–H groups in total. The van der Waals surface area contributed by atoms with E-state index >= 15 is 0 Å². The van der Waals surface area contributed by atoms with Gasteiger partial charge in [0.15, 0.2) is 0 Å². The average molecular weight is 248 g/mol. The van der Waals surface area contributed by atoms with Crippen molar-refractivity contribution in [3.05, 3.63) is 41.7 Å². The number of aliphatic hydroxyl groups is 1. The summed E-state index contributed by atoms with van der Waals surface area (Å²) in [6.07, 6.45) is 1.86. The van der Waals surface area contributed by atoms with Crippen molar-refractivity contribution in [1.82, 2.24) is 9.78 Å². The van der Waals surface area contributed by atoms with E-state index in [0.717, 1.165) is 11.3 Å². The fraction of sp³-hybridized carbons (Fsp3) is 0.308. The maximum atomic E-state index is 9.24. The molecule has 0 aliphatic rings. The lowest BCUT2D eigenvalue weighted by molar-refractivity contribution is 0.256. The van der Waals surface area contributed by atoms with E-state index in [4.69, 9.17) is 9.47 Å². The van der Waals surface area contributed by atoms with Crippen LogP contribution >= 0.6 is 0 Å². The molecule has 1 heterocycles. The van der Waals surface area contributed by atoms with Crippen molar-refractivity contribution in [3.8, 4) is 11.5 Å². The Kier molecular flexibility index (Phi) is 3.84. The van der Waals surface area contributed by atoms with Crippen LogP contribution < -0.4 is 9.47 Å². The molecule has 0 bridgehead atoms. The highest BCUT2D eigenvalue weighted by molar-refractivity contribution is 5.40. The number of hydrogen-bond acceptors (Lipinski definition) is 4. The molecule has 2 rings (SSSR count). The first-order valence-corrected chi connectivity index (χ1v) is 5.62. The van der Waals surface area contributed by atoms with Crippen molar-refractivity contribution in [2.75, 3.05) is 7.11 Å². The number of methoxy groups -OCH3 is 1. The van der Waals surface area contributed by atoms with Crippen molar-refractivity contribution >= 4 is 0 Å². The second kappa shape index (κ2) is 5.55. The number of ether oxygens (including phenoxy) is 2. The van der Waals surface area contributed by atoms with Crippen molar-refractivity contribution in [2.45, 2.75) is 13.2 Å². The van der Waals surface area contributed by atoms with E-state index in [1.165, 1.54) is 0 Å². The minimum absolute atomic E-state index is 0.0679. The molecule has 0 aliphatic carbocycles. The summed E-state index contributed by atoms with van der Waals surface area (Å²) in [7, 11) is 3.45. The van der Waals surface area contributed by atoms with E-state index in [0.29, 0.717) is 18.1 Å². The van der Waals surface area contributed by atoms with Gasteiger partial charge in [-0.05, 0) is 18.2 Å². The van der Waals surface area contributed by atoms with Gasteiger partial charge in [-0.3, -0.25) is 4.68 Å². The van der Waals surface area contributed by atoms with Crippen LogP contribution in [0.1, 0.15) is 11.3 Å². The third kappa shape index (κ3) is 2.81. The Labute approximate surface area is 106 Å². The molecule has 0 aliphatic heterocycles. The summed E-state index contributed by atoms with van der Waals surface area (Å²) in [5.41, 5.74) is 1.57. The Balaban J connectivity index is 2.11. The number of rotatable bonds is 5. The predicted octanol–water partition coefficient (Wildman–Crippen LogP) is 1.50. The molecule has 0 radical (unpaired) electrons. The van der Waals surface area contributed by atoms with Gasteiger partial charge in [0.05, 0.1) is 19.4 Å². The zero-order valence-corrected chi connectivity index (χ0v) is 10.5. The lowest BCUT2D eigenvalue weighted by atomic mass is 10.2. The molecule has 2 aromatic rings. The molecule has 0 spiro atoms. The van der Waals surface area contributed by atoms with Crippen LogP contribution in [0.5, 0.6) is 11.5 Å². The monoisotopic (exact) mass is 248 g/mol. The first-order chi connectivity index (χ1) is 8.72. The highest BCUT2D eigenvalue weighted by Crippen LogP contribution is 2.25. The van der Waals surface area contributed by atoms with E-state index in [9.17, 15) is 5.11 Å². The van der Waals surface area contributed by atoms with Crippen LogP contribution in [0, 0.1) is 0 Å². The van der Waals surface area contributed by atoms with Gasteiger partial charge >= 0.3 is 0 Å². The van der Waals surface area contributed by atoms with Crippen LogP contribution in [0.3, 0.4) is 0 Å². The highest BCUT2D eigenvalue weighted by atomic mass is 16.5. The zero-order valence-electron chi connectivity index (χ0n) is 10.5. The Hall–Kier alpha value is -2.01. The molecule has 0 unspecified atom stereocenters. The van der Waals surface area contributed by atoms with Crippen molar-refractivity contribution in [1.29, 1.82) is 0 Å². The largest absolute Gasteiger partial charge is 0.497 e. The normalized spacial score (nSPS) is 10.4. The second-order valence-electron chi connectivity index (χ2n) is 3.90. The van der Waals surface area contributed by atoms with E-state index in [2.05, 4.69) is 5.10 Å². The molecule has 5 nitrogen and oxygen atoms in total. The van der Waals surface area contributed by atoms with Crippen LogP contribution in [-0.4, -0.2) is 22.0 Å². The Bertz CT molecular complexity index is 523. The lowest BCUT2D eigenvalue weighted by Gasteiger charge is -2.10. The summed E-state index contributed by atoms with van der Waals surface area (Å²) in [6.45, 7) is 0.294. The van der Waals surface area contributed by atoms with E-state index < -0.39 is 0 Å². The smallest absolute Gasteiger partial charge is 0.132 e. The molecule has 1 aromatic heterocycles. The molecular weight excluding hydrogens is 232 g/mol. The summed E-state index contributed by atoms with van der Waals surface area (Å²) < 4.78 is 12.5. The zero-order chi connectivity index (χ0) is 13.0. The van der Waals surface area contributed by atoms with E-state index in [1.807, 2.05) is 19.3 Å². The number of hydrogen-bond donors (Lipinski definition) is 1. The quantitative estimate of drug-likeness (QED) is 0.871. The van der Waals surface area contributed by atoms with Gasteiger partial charge < -0.3 is 14.6 Å². The average Bonchev–Trinajstić information content (AvgIpc) is 2.81. The topological polar surface area (TPSA) is 56.5 Å². The van der Waals surface area contributed by atoms with Crippen molar-refractivity contribution in [2.24, 2.45) is 7.05 Å². The Morgan fingerprint density at radius 2 is 2.17 bits per heavy atom. The Morgan fingerprint density at radius 3 is 2.78 bits per heavy atom. The van der Waals surface area contributed by atoms with Crippen molar-refractivity contribution in [3.63, 3.8) is 0 Å². The molecule has 18 heavy (non-hydrogen) atoms. The molecule has 0 saturated heterocycles. The van der Waals surface area contributed by atoms with Crippen LogP contribution in [0.2, 0.25) is 0 Å². The summed E-state index contributed by atoms with van der Waals surface area (Å²) in [5, 5.41) is 13.5. The predicted molar refractivity (Wildman–Crippen MR) is 66.5 cm³/mol. The first kappa shape index (κ1) is 12.4. The van der Waals surface area contributed by atoms with Crippen LogP contribution in [0.4, 0.5) is 0 Å². The van der Waals surface area contributed by atoms with E-state index in [-0.39, 0.29) is 6.61 Å². The van der Waals surface area contributed by atoms with Gasteiger partial charge in [0.1, 0.15) is 18.1 Å². The van der Waals surface area contributed by atoms with Gasteiger partial charge in [-0.25, -0.2) is 0 Å². The summed E-state index contributed by atoms with van der Waals surface area (Å²) in [6, 6.07) is 7.22. The maximum Gasteiger partial charge on any atom is 0.132 e. The Morgan fingerprint density at radius 1 is 1.33 bits per heavy atom. The standard InChI is InChI=1S/C13H16N2O3/c1-15-6-5-11(14-15)9-18-13-7-12(17-2)4-3-10(13)8-16/h3-7,16H,8-9H2,1-2H3. The number of aryl methyl sites for hydroxylation is 1. The minimum Gasteiger partial charge on any atom is -0.497 e. The molecule has 0 fully saturated rings. The van der Waals surface area contributed by atoms with Gasteiger partial charge in [-0.15, -0.1) is 0 Å². The van der Waals surface area contributed by atoms with Crippen LogP contribution in [0.25, 0.3) is 0 Å². The van der Waals surface area contributed by atoms with Crippen LogP contribution in [-0.2, 0) is 20.3 Å². The summed E-state index contributed by atoms with van der Waals surface area (Å²) >= 11 is 0. The number of benzene rings is 1. The molecule has 5 heteroatoms. The second-order valence-corrected chi connectivity index (χ2v) is 3.90. The van der Waals surface area contributed by atoms with Gasteiger partial charge in [-0.1, -0.05) is 0 Å². The van der Waals surface area contributed by atoms with Crippen molar-refractivity contribution < 1.29 is 14.6 Å². The maximum absolute atomic E-state index is 9.24. The van der Waals surface area contributed by atoms with Gasteiger partial charge in [0.2, 0.25) is 0 Å². The van der Waals surface area contributed by atoms with Gasteiger partial charge in [0, 0.05) is 24.9 Å². The fourth-order valence-electron chi connectivity index (χ4n) is 1.62. The highest BCUT2D eigenvalue weighted by Gasteiger charge is 2.06. The van der Waals surface area contributed by atoms with E-state index in [1.54, 1.807) is 30.0 Å². The molecule has 1 aromatic carbocycles. The summed E-state index contributed by atoms with van der Waals surface area (Å²) in [5.74, 6) is 1.31. The first-order valence-electron chi connectivity index (χ1n) is 5.62. The molecule has 0 amide bonds. The molecule has 0 saturated carbocycles. The SMILES string of the molecule is COc1ccc(CO)c(OCc2ccn(C)n2)c1. The molecule has 96 valence electrons. The van der Waals surface area contributed by atoms with Crippen LogP contribution in [0.15, 0.2) is 30.5 Å². The third-order valence-corrected chi connectivity index (χ3v) is 2.59. The third-order valence-electron chi connectivity index (χ3n) is 2.59. The number of aliphatic hydroxyl groups excluding tert-OH is 1. The minimum atomic E-state index is -0.0679. The lowest BCUT2D eigenvalue weighted by Crippen LogP contribution is -2.01.